The molecule has 0 radical (unpaired) electrons. The maximum absolute atomic E-state index is 12.2. The number of esters is 1. The highest BCUT2D eigenvalue weighted by Crippen LogP contribution is 2.30. The van der Waals surface area contributed by atoms with Crippen LogP contribution < -0.4 is 0 Å². The van der Waals surface area contributed by atoms with Gasteiger partial charge >= 0.3 is 11.9 Å². The summed E-state index contributed by atoms with van der Waals surface area (Å²) in [6, 6.07) is 17.4. The fourth-order valence-corrected chi connectivity index (χ4v) is 3.12. The van der Waals surface area contributed by atoms with Gasteiger partial charge < -0.3 is 14.3 Å². The van der Waals surface area contributed by atoms with Gasteiger partial charge in [0, 0.05) is 15.6 Å². The van der Waals surface area contributed by atoms with Gasteiger partial charge in [-0.05, 0) is 42.5 Å². The average Bonchev–Trinajstić information content (AvgIpc) is 3.30. The number of carboxylic acids is 1. The third-order valence-corrected chi connectivity index (χ3v) is 4.73. The Kier molecular flexibility index (Phi) is 4.71. The molecule has 0 saturated carbocycles. The summed E-state index contributed by atoms with van der Waals surface area (Å²) >= 11 is 3.37. The first-order valence-corrected chi connectivity index (χ1v) is 9.14. The van der Waals surface area contributed by atoms with E-state index >= 15 is 0 Å². The van der Waals surface area contributed by atoms with Crippen molar-refractivity contribution in [1.82, 2.24) is 0 Å². The molecule has 3 aromatic rings. The zero-order chi connectivity index (χ0) is 19.7. The van der Waals surface area contributed by atoms with E-state index in [-0.39, 0.29) is 5.56 Å². The molecule has 4 rings (SSSR count). The van der Waals surface area contributed by atoms with E-state index in [1.165, 1.54) is 6.07 Å². The number of carboxylic acid groups (broad SMARTS) is 1. The minimum atomic E-state index is -1.03. The van der Waals surface area contributed by atoms with E-state index in [1.807, 2.05) is 24.3 Å². The molecule has 138 valence electrons. The van der Waals surface area contributed by atoms with E-state index in [9.17, 15) is 14.7 Å². The molecular weight excluding hydrogens is 424 g/mol. The molecule has 2 heterocycles. The normalized spacial score (nSPS) is 14.8. The van der Waals surface area contributed by atoms with Gasteiger partial charge in [-0.25, -0.2) is 9.59 Å². The summed E-state index contributed by atoms with van der Waals surface area (Å²) in [5.74, 6) is -0.203. The summed E-state index contributed by atoms with van der Waals surface area (Å²) in [5.41, 5.74) is 1.76. The van der Waals surface area contributed by atoms with E-state index in [2.05, 4.69) is 15.9 Å². The third kappa shape index (κ3) is 3.54. The van der Waals surface area contributed by atoms with Crippen LogP contribution in [0.3, 0.4) is 0 Å². The lowest BCUT2D eigenvalue weighted by molar-refractivity contribution is -0.130. The second-order valence-corrected chi connectivity index (χ2v) is 6.97. The highest BCUT2D eigenvalue weighted by molar-refractivity contribution is 9.10. The molecule has 5 nitrogen and oxygen atoms in total. The van der Waals surface area contributed by atoms with Crippen molar-refractivity contribution in [2.24, 2.45) is 0 Å². The van der Waals surface area contributed by atoms with E-state index in [0.717, 1.165) is 10.0 Å². The molecule has 0 spiro atoms. The molecule has 0 bridgehead atoms. The number of rotatable bonds is 4. The molecule has 0 fully saturated rings. The zero-order valence-electron chi connectivity index (χ0n) is 14.4. The molecule has 0 aliphatic carbocycles. The molecule has 0 atom stereocenters. The van der Waals surface area contributed by atoms with Crippen LogP contribution in [0.4, 0.5) is 0 Å². The Morgan fingerprint density at radius 3 is 2.50 bits per heavy atom. The van der Waals surface area contributed by atoms with Gasteiger partial charge in [-0.1, -0.05) is 46.3 Å². The van der Waals surface area contributed by atoms with Crippen molar-refractivity contribution in [1.29, 1.82) is 0 Å². The van der Waals surface area contributed by atoms with Gasteiger partial charge in [0.25, 0.3) is 0 Å². The Labute approximate surface area is 168 Å². The Morgan fingerprint density at radius 2 is 1.75 bits per heavy atom. The first kappa shape index (κ1) is 18.0. The predicted octanol–water partition coefficient (Wildman–Crippen LogP) is 5.39. The largest absolute Gasteiger partial charge is 0.478 e. The minimum Gasteiger partial charge on any atom is -0.478 e. The number of hydrogen-bond acceptors (Lipinski definition) is 4. The van der Waals surface area contributed by atoms with Crippen LogP contribution in [-0.2, 0) is 9.53 Å². The van der Waals surface area contributed by atoms with Crippen LogP contribution in [0.5, 0.6) is 0 Å². The maximum Gasteiger partial charge on any atom is 0.343 e. The van der Waals surface area contributed by atoms with Crippen LogP contribution in [0.15, 0.2) is 81.2 Å². The number of carbonyl (C=O) groups excluding carboxylic acids is 1. The monoisotopic (exact) mass is 436 g/mol. The second-order valence-electron chi connectivity index (χ2n) is 6.06. The molecule has 2 aromatic carbocycles. The number of ether oxygens (including phenoxy) is 1. The van der Waals surface area contributed by atoms with Crippen molar-refractivity contribution in [2.45, 2.75) is 0 Å². The Hall–Kier alpha value is -3.38. The fourth-order valence-electron chi connectivity index (χ4n) is 2.86. The summed E-state index contributed by atoms with van der Waals surface area (Å²) in [6.07, 6.45) is 3.22. The van der Waals surface area contributed by atoms with Gasteiger partial charge in [0.15, 0.2) is 0 Å². The predicted molar refractivity (Wildman–Crippen MR) is 107 cm³/mol. The molecule has 6 heteroatoms. The summed E-state index contributed by atoms with van der Waals surface area (Å²) in [5, 5.41) is 9.33. The van der Waals surface area contributed by atoms with Crippen molar-refractivity contribution in [3.05, 3.63) is 93.7 Å². The number of benzene rings is 2. The van der Waals surface area contributed by atoms with Gasteiger partial charge in [-0.15, -0.1) is 0 Å². The molecule has 1 aliphatic heterocycles. The summed E-state index contributed by atoms with van der Waals surface area (Å²) < 4.78 is 12.0. The highest BCUT2D eigenvalue weighted by Gasteiger charge is 2.22. The number of halogens is 1. The van der Waals surface area contributed by atoms with Crippen molar-refractivity contribution in [2.75, 3.05) is 0 Å². The van der Waals surface area contributed by atoms with Crippen LogP contribution in [0.1, 0.15) is 21.7 Å². The van der Waals surface area contributed by atoms with Crippen LogP contribution in [-0.4, -0.2) is 17.0 Å². The number of hydrogen-bond donors (Lipinski definition) is 1. The Bertz CT molecular complexity index is 1140. The molecular formula is C22H13BrO5. The quantitative estimate of drug-likeness (QED) is 0.438. The first-order chi connectivity index (χ1) is 13.5. The average molecular weight is 437 g/mol. The fraction of sp³-hybridized carbons (Fsp3) is 0. The smallest absolute Gasteiger partial charge is 0.343 e. The van der Waals surface area contributed by atoms with E-state index in [4.69, 9.17) is 9.15 Å². The summed E-state index contributed by atoms with van der Waals surface area (Å²) in [6.45, 7) is 0. The summed E-state index contributed by atoms with van der Waals surface area (Å²) in [4.78, 5) is 23.6. The number of aromatic carboxylic acids is 1. The van der Waals surface area contributed by atoms with Crippen molar-refractivity contribution < 1.29 is 23.8 Å². The lowest BCUT2D eigenvalue weighted by Crippen LogP contribution is -1.98. The third-order valence-electron chi connectivity index (χ3n) is 4.20. The lowest BCUT2D eigenvalue weighted by Gasteiger charge is -2.02. The van der Waals surface area contributed by atoms with Gasteiger partial charge in [0.05, 0.1) is 11.1 Å². The topological polar surface area (TPSA) is 76.7 Å². The maximum atomic E-state index is 12.2. The molecule has 0 saturated heterocycles. The molecule has 28 heavy (non-hydrogen) atoms. The number of cyclic esters (lactones) is 1. The van der Waals surface area contributed by atoms with E-state index in [1.54, 1.807) is 42.5 Å². The Morgan fingerprint density at radius 1 is 1.00 bits per heavy atom. The van der Waals surface area contributed by atoms with Crippen molar-refractivity contribution in [3.63, 3.8) is 0 Å². The second kappa shape index (κ2) is 7.32. The minimum absolute atomic E-state index is 0.147. The zero-order valence-corrected chi connectivity index (χ0v) is 16.0. The van der Waals surface area contributed by atoms with E-state index in [0.29, 0.717) is 28.4 Å². The Balaban J connectivity index is 1.65. The lowest BCUT2D eigenvalue weighted by atomic mass is 10.1. The van der Waals surface area contributed by atoms with Gasteiger partial charge in [-0.2, -0.15) is 0 Å². The van der Waals surface area contributed by atoms with Crippen LogP contribution in [0.2, 0.25) is 0 Å². The molecule has 0 unspecified atom stereocenters. The highest BCUT2D eigenvalue weighted by atomic mass is 79.9. The van der Waals surface area contributed by atoms with Crippen LogP contribution >= 0.6 is 15.9 Å². The van der Waals surface area contributed by atoms with Gasteiger partial charge in [-0.3, -0.25) is 0 Å². The van der Waals surface area contributed by atoms with E-state index < -0.39 is 11.9 Å². The summed E-state index contributed by atoms with van der Waals surface area (Å²) in [7, 11) is 0. The van der Waals surface area contributed by atoms with Crippen molar-refractivity contribution >= 4 is 39.7 Å². The van der Waals surface area contributed by atoms with Crippen LogP contribution in [0, 0.1) is 0 Å². The van der Waals surface area contributed by atoms with Crippen molar-refractivity contribution in [3.8, 4) is 11.3 Å². The molecule has 1 aliphatic rings. The van der Waals surface area contributed by atoms with Gasteiger partial charge in [0.2, 0.25) is 0 Å². The van der Waals surface area contributed by atoms with Crippen LogP contribution in [0.25, 0.3) is 23.2 Å². The van der Waals surface area contributed by atoms with Gasteiger partial charge in [0.1, 0.15) is 17.3 Å². The molecule has 1 aromatic heterocycles. The SMILES string of the molecule is O=C1OC(c2ccc(Br)cc2)=C/C1=C\c1ccc(-c2ccccc2C(=O)O)o1. The number of furan rings is 1. The molecule has 1 N–H and O–H groups in total. The number of carbonyl (C=O) groups is 2. The molecule has 0 amide bonds. The standard InChI is InChI=1S/C22H13BrO5/c23-15-7-5-13(6-8-15)20-12-14(22(26)28-20)11-16-9-10-19(27-16)17-3-1-2-4-18(17)21(24)25/h1-12H,(H,24,25)/b14-11+. The first-order valence-electron chi connectivity index (χ1n) is 8.35.